The molecule has 1 unspecified atom stereocenters. The Morgan fingerprint density at radius 1 is 1.37 bits per heavy atom. The van der Waals surface area contributed by atoms with Crippen LogP contribution in [0.3, 0.4) is 0 Å². The van der Waals surface area contributed by atoms with Crippen LogP contribution in [0.5, 0.6) is 0 Å². The Kier molecular flexibility index (Phi) is 6.02. The lowest BCUT2D eigenvalue weighted by Crippen LogP contribution is -2.53. The van der Waals surface area contributed by atoms with E-state index in [2.05, 4.69) is 15.0 Å². The monoisotopic (exact) mass is 292 g/mol. The molecule has 0 aromatic carbocycles. The van der Waals surface area contributed by atoms with Gasteiger partial charge < -0.3 is 15.8 Å². The number of hydrogen-bond donors (Lipinski definition) is 2. The maximum atomic E-state index is 11.0. The predicted octanol–water partition coefficient (Wildman–Crippen LogP) is -0.826. The van der Waals surface area contributed by atoms with Gasteiger partial charge in [-0.3, -0.25) is 4.90 Å². The number of hydrogen-bond acceptors (Lipinski definition) is 6. The van der Waals surface area contributed by atoms with E-state index in [4.69, 9.17) is 10.9 Å². The summed E-state index contributed by atoms with van der Waals surface area (Å²) in [6.07, 6.45) is 1.94. The van der Waals surface area contributed by atoms with Crippen LogP contribution in [0.4, 0.5) is 0 Å². The van der Waals surface area contributed by atoms with Crippen molar-refractivity contribution in [3.63, 3.8) is 0 Å². The standard InChI is InChI=1S/C11H24N4O3S/c1-10(11(12)13-16)15-7-5-14(6-8-15)4-3-9-19(2,17)18/h10,16H,3-9H2,1-2H3,(H2,12,13). The summed E-state index contributed by atoms with van der Waals surface area (Å²) in [6.45, 7) is 6.17. The molecule has 0 aromatic heterocycles. The third-order valence-corrected chi connectivity index (χ3v) is 4.52. The SMILES string of the molecule is CC(C(N)=NO)N1CCN(CCCS(C)(=O)=O)CC1. The molecule has 0 aromatic rings. The predicted molar refractivity (Wildman–Crippen MR) is 75.2 cm³/mol. The number of rotatable bonds is 6. The van der Waals surface area contributed by atoms with Gasteiger partial charge in [-0.15, -0.1) is 0 Å². The molecule has 1 fully saturated rings. The Hall–Kier alpha value is -0.860. The summed E-state index contributed by atoms with van der Waals surface area (Å²) < 4.78 is 22.1. The van der Waals surface area contributed by atoms with E-state index in [0.717, 1.165) is 32.7 Å². The number of piperazine rings is 1. The molecule has 19 heavy (non-hydrogen) atoms. The summed E-state index contributed by atoms with van der Waals surface area (Å²) in [5.41, 5.74) is 5.59. The van der Waals surface area contributed by atoms with E-state index in [0.29, 0.717) is 6.42 Å². The largest absolute Gasteiger partial charge is 0.409 e. The molecule has 1 saturated heterocycles. The first-order valence-electron chi connectivity index (χ1n) is 6.45. The first-order chi connectivity index (χ1) is 8.83. The third kappa shape index (κ3) is 5.75. The van der Waals surface area contributed by atoms with Gasteiger partial charge in [-0.25, -0.2) is 8.42 Å². The topological polar surface area (TPSA) is 99.2 Å². The fraction of sp³-hybridized carbons (Fsp3) is 0.909. The van der Waals surface area contributed by atoms with Crippen molar-refractivity contribution in [1.82, 2.24) is 9.80 Å². The van der Waals surface area contributed by atoms with Gasteiger partial charge >= 0.3 is 0 Å². The minimum absolute atomic E-state index is 0.0665. The average molecular weight is 292 g/mol. The molecule has 0 saturated carbocycles. The number of oxime groups is 1. The summed E-state index contributed by atoms with van der Waals surface area (Å²) in [4.78, 5) is 4.41. The highest BCUT2D eigenvalue weighted by Gasteiger charge is 2.23. The molecule has 1 rings (SSSR count). The molecule has 1 heterocycles. The minimum Gasteiger partial charge on any atom is -0.409 e. The molecule has 0 radical (unpaired) electrons. The van der Waals surface area contributed by atoms with Crippen LogP contribution in [0, 0.1) is 0 Å². The second kappa shape index (κ2) is 7.06. The molecule has 112 valence electrons. The smallest absolute Gasteiger partial charge is 0.156 e. The zero-order valence-electron chi connectivity index (χ0n) is 11.6. The molecular formula is C11H24N4O3S. The zero-order chi connectivity index (χ0) is 14.5. The fourth-order valence-corrected chi connectivity index (χ4v) is 2.85. The van der Waals surface area contributed by atoms with Gasteiger partial charge in [0.2, 0.25) is 0 Å². The first-order valence-corrected chi connectivity index (χ1v) is 8.51. The summed E-state index contributed by atoms with van der Waals surface area (Å²) in [5, 5.41) is 11.7. The highest BCUT2D eigenvalue weighted by Crippen LogP contribution is 2.07. The second-order valence-electron chi connectivity index (χ2n) is 5.06. The fourth-order valence-electron chi connectivity index (χ4n) is 2.20. The van der Waals surface area contributed by atoms with Crippen molar-refractivity contribution < 1.29 is 13.6 Å². The lowest BCUT2D eigenvalue weighted by molar-refractivity contribution is 0.121. The van der Waals surface area contributed by atoms with E-state index in [1.807, 2.05) is 6.92 Å². The first kappa shape index (κ1) is 16.2. The Labute approximate surface area is 115 Å². The van der Waals surface area contributed by atoms with Crippen LogP contribution in [-0.4, -0.2) is 80.0 Å². The lowest BCUT2D eigenvalue weighted by atomic mass is 10.2. The van der Waals surface area contributed by atoms with Crippen LogP contribution >= 0.6 is 0 Å². The van der Waals surface area contributed by atoms with Crippen LogP contribution in [-0.2, 0) is 9.84 Å². The van der Waals surface area contributed by atoms with Crippen molar-refractivity contribution in [2.45, 2.75) is 19.4 Å². The molecule has 7 nitrogen and oxygen atoms in total. The minimum atomic E-state index is -2.86. The molecule has 0 aliphatic carbocycles. The van der Waals surface area contributed by atoms with E-state index in [-0.39, 0.29) is 17.6 Å². The van der Waals surface area contributed by atoms with Gasteiger partial charge in [0.15, 0.2) is 5.84 Å². The van der Waals surface area contributed by atoms with Crippen molar-refractivity contribution in [3.8, 4) is 0 Å². The molecule has 0 spiro atoms. The highest BCUT2D eigenvalue weighted by atomic mass is 32.2. The Bertz CT molecular complexity index is 402. The molecule has 1 atom stereocenters. The highest BCUT2D eigenvalue weighted by molar-refractivity contribution is 7.90. The Balaban J connectivity index is 2.29. The normalized spacial score (nSPS) is 21.5. The van der Waals surface area contributed by atoms with Crippen molar-refractivity contribution in [2.75, 3.05) is 44.7 Å². The van der Waals surface area contributed by atoms with Crippen molar-refractivity contribution in [1.29, 1.82) is 0 Å². The summed E-state index contributed by atoms with van der Waals surface area (Å²) in [7, 11) is -2.86. The lowest BCUT2D eigenvalue weighted by Gasteiger charge is -2.37. The zero-order valence-corrected chi connectivity index (χ0v) is 12.4. The third-order valence-electron chi connectivity index (χ3n) is 3.49. The van der Waals surface area contributed by atoms with Crippen LogP contribution in [0.2, 0.25) is 0 Å². The number of nitrogens with zero attached hydrogens (tertiary/aromatic N) is 3. The van der Waals surface area contributed by atoms with Gasteiger partial charge in [0.25, 0.3) is 0 Å². The number of amidine groups is 1. The van der Waals surface area contributed by atoms with Crippen LogP contribution in [0.1, 0.15) is 13.3 Å². The average Bonchev–Trinajstić information content (AvgIpc) is 2.36. The Morgan fingerprint density at radius 3 is 2.42 bits per heavy atom. The molecule has 3 N–H and O–H groups in total. The van der Waals surface area contributed by atoms with Crippen LogP contribution < -0.4 is 5.73 Å². The molecule has 1 aliphatic heterocycles. The van der Waals surface area contributed by atoms with Crippen LogP contribution in [0.25, 0.3) is 0 Å². The van der Waals surface area contributed by atoms with E-state index in [1.54, 1.807) is 0 Å². The van der Waals surface area contributed by atoms with Crippen molar-refractivity contribution >= 4 is 15.7 Å². The van der Waals surface area contributed by atoms with Crippen molar-refractivity contribution in [2.24, 2.45) is 10.9 Å². The van der Waals surface area contributed by atoms with Crippen molar-refractivity contribution in [3.05, 3.63) is 0 Å². The Morgan fingerprint density at radius 2 is 1.95 bits per heavy atom. The quantitative estimate of drug-likeness (QED) is 0.287. The van der Waals surface area contributed by atoms with Gasteiger partial charge in [0.1, 0.15) is 9.84 Å². The molecule has 8 heteroatoms. The van der Waals surface area contributed by atoms with Gasteiger partial charge in [0.05, 0.1) is 11.8 Å². The molecule has 0 amide bonds. The number of nitrogens with two attached hydrogens (primary N) is 1. The molecule has 1 aliphatic rings. The maximum absolute atomic E-state index is 11.0. The van der Waals surface area contributed by atoms with E-state index < -0.39 is 9.84 Å². The molecular weight excluding hydrogens is 268 g/mol. The number of sulfone groups is 1. The van der Waals surface area contributed by atoms with Gasteiger partial charge in [0, 0.05) is 32.4 Å². The van der Waals surface area contributed by atoms with E-state index in [1.165, 1.54) is 6.26 Å². The van der Waals surface area contributed by atoms with Crippen LogP contribution in [0.15, 0.2) is 5.16 Å². The molecule has 0 bridgehead atoms. The van der Waals surface area contributed by atoms with Gasteiger partial charge in [-0.1, -0.05) is 5.16 Å². The van der Waals surface area contributed by atoms with E-state index in [9.17, 15) is 8.42 Å². The van der Waals surface area contributed by atoms with Gasteiger partial charge in [-0.05, 0) is 19.9 Å². The summed E-state index contributed by atoms with van der Waals surface area (Å²) >= 11 is 0. The summed E-state index contributed by atoms with van der Waals surface area (Å²) in [6, 6.07) is -0.0665. The maximum Gasteiger partial charge on any atom is 0.156 e. The van der Waals surface area contributed by atoms with E-state index >= 15 is 0 Å². The van der Waals surface area contributed by atoms with Gasteiger partial charge in [-0.2, -0.15) is 0 Å². The second-order valence-corrected chi connectivity index (χ2v) is 7.32. The summed E-state index contributed by atoms with van der Waals surface area (Å²) in [5.74, 6) is 0.471.